The lowest BCUT2D eigenvalue weighted by Crippen LogP contribution is -2.49. The van der Waals surface area contributed by atoms with Gasteiger partial charge in [-0.1, -0.05) is 0 Å². The molecule has 0 aromatic heterocycles. The Hall–Kier alpha value is -1.34. The number of halogens is 2. The van der Waals surface area contributed by atoms with Gasteiger partial charge in [0, 0.05) is 32.2 Å². The number of carbonyl (C=O) groups is 1. The molecule has 7 heteroatoms. The Bertz CT molecular complexity index is 489. The van der Waals surface area contributed by atoms with Crippen LogP contribution >= 0.6 is 15.9 Å². The summed E-state index contributed by atoms with van der Waals surface area (Å²) in [6.07, 6.45) is 0. The zero-order valence-corrected chi connectivity index (χ0v) is 12.0. The molecular weight excluding hydrogens is 315 g/mol. The minimum Gasteiger partial charge on any atom is -0.397 e. The van der Waals surface area contributed by atoms with Crippen molar-refractivity contribution < 1.29 is 9.18 Å². The van der Waals surface area contributed by atoms with Crippen molar-refractivity contribution in [3.05, 3.63) is 22.4 Å². The highest BCUT2D eigenvalue weighted by atomic mass is 79.9. The molecule has 1 aliphatic heterocycles. The molecule has 1 aromatic rings. The van der Waals surface area contributed by atoms with Gasteiger partial charge in [0.25, 0.3) is 0 Å². The second-order valence-electron chi connectivity index (χ2n) is 4.55. The summed E-state index contributed by atoms with van der Waals surface area (Å²) < 4.78 is 13.7. The van der Waals surface area contributed by atoms with Crippen LogP contribution in [0.25, 0.3) is 0 Å². The maximum absolute atomic E-state index is 13.3. The molecule has 0 saturated carbocycles. The van der Waals surface area contributed by atoms with Crippen molar-refractivity contribution in [2.24, 2.45) is 5.73 Å². The van der Waals surface area contributed by atoms with E-state index < -0.39 is 0 Å². The van der Waals surface area contributed by atoms with Gasteiger partial charge in [-0.3, -0.25) is 9.69 Å². The van der Waals surface area contributed by atoms with E-state index in [1.807, 2.05) is 4.90 Å². The maximum Gasteiger partial charge on any atom is 0.231 e. The van der Waals surface area contributed by atoms with Crippen LogP contribution in [0.1, 0.15) is 0 Å². The van der Waals surface area contributed by atoms with Crippen molar-refractivity contribution in [3.63, 3.8) is 0 Å². The van der Waals surface area contributed by atoms with Gasteiger partial charge in [0.05, 0.1) is 22.4 Å². The zero-order valence-electron chi connectivity index (χ0n) is 10.4. The normalized spacial score (nSPS) is 16.6. The summed E-state index contributed by atoms with van der Waals surface area (Å²) in [4.78, 5) is 14.9. The van der Waals surface area contributed by atoms with Crippen LogP contribution in [0.2, 0.25) is 0 Å². The third kappa shape index (κ3) is 3.36. The molecule has 1 aliphatic rings. The number of rotatable bonds is 3. The summed E-state index contributed by atoms with van der Waals surface area (Å²) >= 11 is 3.16. The molecule has 0 atom stereocenters. The van der Waals surface area contributed by atoms with E-state index in [1.165, 1.54) is 6.07 Å². The van der Waals surface area contributed by atoms with E-state index >= 15 is 0 Å². The number of primary amides is 1. The number of carbonyl (C=O) groups excluding carboxylic acids is 1. The lowest BCUT2D eigenvalue weighted by molar-refractivity contribution is -0.119. The first-order chi connectivity index (χ1) is 8.97. The van der Waals surface area contributed by atoms with Crippen molar-refractivity contribution >= 4 is 33.2 Å². The molecule has 1 fully saturated rings. The lowest BCUT2D eigenvalue weighted by atomic mass is 10.2. The van der Waals surface area contributed by atoms with E-state index in [2.05, 4.69) is 20.8 Å². The molecule has 0 spiro atoms. The third-order valence-corrected chi connectivity index (χ3v) is 3.77. The summed E-state index contributed by atoms with van der Waals surface area (Å²) in [6.45, 7) is 3.20. The summed E-state index contributed by atoms with van der Waals surface area (Å²) in [5, 5.41) is 0. The molecule has 4 N–H and O–H groups in total. The fourth-order valence-corrected chi connectivity index (χ4v) is 2.52. The van der Waals surface area contributed by atoms with Gasteiger partial charge in [0.2, 0.25) is 5.91 Å². The first-order valence-corrected chi connectivity index (χ1v) is 6.77. The quantitative estimate of drug-likeness (QED) is 0.803. The minimum absolute atomic E-state index is 0.274. The van der Waals surface area contributed by atoms with E-state index in [1.54, 1.807) is 6.07 Å². The number of hydrogen-bond acceptors (Lipinski definition) is 4. The van der Waals surface area contributed by atoms with Crippen LogP contribution in [0.5, 0.6) is 0 Å². The van der Waals surface area contributed by atoms with Crippen LogP contribution < -0.4 is 16.4 Å². The highest BCUT2D eigenvalue weighted by Gasteiger charge is 2.20. The molecule has 1 heterocycles. The monoisotopic (exact) mass is 330 g/mol. The van der Waals surface area contributed by atoms with E-state index in [9.17, 15) is 9.18 Å². The van der Waals surface area contributed by atoms with Crippen molar-refractivity contribution in [2.75, 3.05) is 43.4 Å². The fraction of sp³-hybridized carbons (Fsp3) is 0.417. The number of anilines is 2. The Morgan fingerprint density at radius 1 is 1.32 bits per heavy atom. The molecule has 0 radical (unpaired) electrons. The molecule has 0 bridgehead atoms. The Balaban J connectivity index is 2.05. The standard InChI is InChI=1S/C12H16BrFN4O/c13-8-5-11(10(15)6-9(8)14)18-3-1-17(2-4-18)7-12(16)19/h5-6H,1-4,7,15H2,(H2,16,19). The topological polar surface area (TPSA) is 75.6 Å². The molecular formula is C12H16BrFN4O. The highest BCUT2D eigenvalue weighted by Crippen LogP contribution is 2.30. The minimum atomic E-state index is -0.367. The predicted molar refractivity (Wildman–Crippen MR) is 76.4 cm³/mol. The molecule has 0 unspecified atom stereocenters. The Morgan fingerprint density at radius 3 is 2.53 bits per heavy atom. The van der Waals surface area contributed by atoms with E-state index in [0.29, 0.717) is 10.2 Å². The number of nitrogen functional groups attached to an aromatic ring is 1. The van der Waals surface area contributed by atoms with Gasteiger partial charge in [0.15, 0.2) is 0 Å². The summed E-state index contributed by atoms with van der Waals surface area (Å²) in [6, 6.07) is 3.00. The van der Waals surface area contributed by atoms with Gasteiger partial charge in [-0.25, -0.2) is 4.39 Å². The molecule has 1 amide bonds. The van der Waals surface area contributed by atoms with Crippen LogP contribution in [0.4, 0.5) is 15.8 Å². The first kappa shape index (κ1) is 14.1. The van der Waals surface area contributed by atoms with Crippen molar-refractivity contribution in [1.82, 2.24) is 4.90 Å². The Kier molecular flexibility index (Phi) is 4.26. The number of nitrogens with two attached hydrogens (primary N) is 2. The lowest BCUT2D eigenvalue weighted by Gasteiger charge is -2.36. The number of amides is 1. The average Bonchev–Trinajstić information content (AvgIpc) is 2.34. The van der Waals surface area contributed by atoms with Gasteiger partial charge >= 0.3 is 0 Å². The molecule has 2 rings (SSSR count). The molecule has 1 aromatic carbocycles. The molecule has 1 saturated heterocycles. The van der Waals surface area contributed by atoms with Crippen LogP contribution in [0.15, 0.2) is 16.6 Å². The first-order valence-electron chi connectivity index (χ1n) is 5.97. The van der Waals surface area contributed by atoms with Crippen molar-refractivity contribution in [3.8, 4) is 0 Å². The number of benzene rings is 1. The maximum atomic E-state index is 13.3. The summed E-state index contributed by atoms with van der Waals surface area (Å²) in [7, 11) is 0. The van der Waals surface area contributed by atoms with Crippen LogP contribution in [0, 0.1) is 5.82 Å². The second-order valence-corrected chi connectivity index (χ2v) is 5.41. The third-order valence-electron chi connectivity index (χ3n) is 3.16. The molecule has 104 valence electrons. The van der Waals surface area contributed by atoms with Crippen LogP contribution in [-0.4, -0.2) is 43.5 Å². The number of nitrogens with zero attached hydrogens (tertiary/aromatic N) is 2. The largest absolute Gasteiger partial charge is 0.397 e. The van der Waals surface area contributed by atoms with E-state index in [-0.39, 0.29) is 18.3 Å². The van der Waals surface area contributed by atoms with Crippen LogP contribution in [0.3, 0.4) is 0 Å². The van der Waals surface area contributed by atoms with Crippen molar-refractivity contribution in [1.29, 1.82) is 0 Å². The van der Waals surface area contributed by atoms with Gasteiger partial charge in [-0.2, -0.15) is 0 Å². The zero-order chi connectivity index (χ0) is 14.0. The SMILES string of the molecule is NC(=O)CN1CCN(c2cc(Br)c(F)cc2N)CC1. The highest BCUT2D eigenvalue weighted by molar-refractivity contribution is 9.10. The summed E-state index contributed by atoms with van der Waals surface area (Å²) in [5.74, 6) is -0.689. The van der Waals surface area contributed by atoms with Crippen LogP contribution in [-0.2, 0) is 4.79 Å². The Morgan fingerprint density at radius 2 is 1.95 bits per heavy atom. The summed E-state index contributed by atoms with van der Waals surface area (Å²) in [5.41, 5.74) is 12.2. The van der Waals surface area contributed by atoms with Gasteiger partial charge < -0.3 is 16.4 Å². The van der Waals surface area contributed by atoms with Crippen molar-refractivity contribution in [2.45, 2.75) is 0 Å². The molecule has 19 heavy (non-hydrogen) atoms. The van der Waals surface area contributed by atoms with E-state index in [4.69, 9.17) is 11.5 Å². The Labute approximate surface area is 119 Å². The van der Waals surface area contributed by atoms with Gasteiger partial charge in [-0.15, -0.1) is 0 Å². The number of hydrogen-bond donors (Lipinski definition) is 2. The number of piperazine rings is 1. The predicted octanol–water partition coefficient (Wildman–Crippen LogP) is 0.778. The smallest absolute Gasteiger partial charge is 0.231 e. The van der Waals surface area contributed by atoms with Gasteiger partial charge in [0.1, 0.15) is 5.82 Å². The molecule has 0 aliphatic carbocycles. The van der Waals surface area contributed by atoms with E-state index in [0.717, 1.165) is 31.9 Å². The molecule has 5 nitrogen and oxygen atoms in total. The van der Waals surface area contributed by atoms with Gasteiger partial charge in [-0.05, 0) is 22.0 Å². The second kappa shape index (κ2) is 5.75. The fourth-order valence-electron chi connectivity index (χ4n) is 2.19. The average molecular weight is 331 g/mol.